The van der Waals surface area contributed by atoms with Crippen LogP contribution in [0.5, 0.6) is 0 Å². The number of thiophene rings is 1. The summed E-state index contributed by atoms with van der Waals surface area (Å²) in [5, 5.41) is 3.69. The lowest BCUT2D eigenvalue weighted by Gasteiger charge is -2.10. The second kappa shape index (κ2) is 10.3. The molecule has 0 bridgehead atoms. The fourth-order valence-electron chi connectivity index (χ4n) is 6.55. The Balaban J connectivity index is 1.25. The van der Waals surface area contributed by atoms with Crippen LogP contribution in [0.25, 0.3) is 81.6 Å². The number of para-hydroxylation sites is 2. The maximum Gasteiger partial charge on any atom is 0.160 e. The summed E-state index contributed by atoms with van der Waals surface area (Å²) < 4.78 is 4.70. The SMILES string of the molecule is Cc1cccc(-c2nc(-c3ccccc3)c3sc4ccc(-c5cccc(-n6c7ccccc7c7ccccc76)c5)cc4c3n2)c1. The molecule has 0 spiro atoms. The van der Waals surface area contributed by atoms with Crippen molar-refractivity contribution in [3.8, 4) is 39.5 Å². The molecular formula is C41H27N3S. The van der Waals surface area contributed by atoms with Crippen LogP contribution in [0.3, 0.4) is 0 Å². The van der Waals surface area contributed by atoms with E-state index in [1.165, 1.54) is 43.2 Å². The lowest BCUT2D eigenvalue weighted by Crippen LogP contribution is -1.94. The maximum atomic E-state index is 5.22. The van der Waals surface area contributed by atoms with Crippen LogP contribution in [0.1, 0.15) is 5.56 Å². The first-order valence-corrected chi connectivity index (χ1v) is 16.0. The Bertz CT molecular complexity index is 2500. The molecule has 0 aliphatic heterocycles. The van der Waals surface area contributed by atoms with Crippen LogP contribution in [-0.2, 0) is 0 Å². The predicted molar refractivity (Wildman–Crippen MR) is 190 cm³/mol. The Morgan fingerprint density at radius 3 is 1.96 bits per heavy atom. The monoisotopic (exact) mass is 593 g/mol. The first-order chi connectivity index (χ1) is 22.2. The van der Waals surface area contributed by atoms with Crippen LogP contribution in [0.2, 0.25) is 0 Å². The van der Waals surface area contributed by atoms with Gasteiger partial charge in [-0.2, -0.15) is 0 Å². The topological polar surface area (TPSA) is 30.7 Å². The van der Waals surface area contributed by atoms with Gasteiger partial charge < -0.3 is 4.57 Å². The Hall–Kier alpha value is -5.58. The largest absolute Gasteiger partial charge is 0.309 e. The molecule has 0 atom stereocenters. The maximum absolute atomic E-state index is 5.22. The zero-order chi connectivity index (χ0) is 29.9. The number of hydrogen-bond donors (Lipinski definition) is 0. The Labute approximate surface area is 264 Å². The summed E-state index contributed by atoms with van der Waals surface area (Å²) in [6.45, 7) is 2.11. The number of rotatable bonds is 4. The van der Waals surface area contributed by atoms with Crippen LogP contribution in [-0.4, -0.2) is 14.5 Å². The Kier molecular flexibility index (Phi) is 5.90. The highest BCUT2D eigenvalue weighted by atomic mass is 32.1. The molecular weight excluding hydrogens is 567 g/mol. The summed E-state index contributed by atoms with van der Waals surface area (Å²) >= 11 is 1.77. The summed E-state index contributed by atoms with van der Waals surface area (Å²) in [5.74, 6) is 0.753. The lowest BCUT2D eigenvalue weighted by atomic mass is 10.0. The number of nitrogens with zero attached hydrogens (tertiary/aromatic N) is 3. The average Bonchev–Trinajstić information content (AvgIpc) is 3.64. The third-order valence-corrected chi connectivity index (χ3v) is 9.82. The van der Waals surface area contributed by atoms with Crippen molar-refractivity contribution in [2.45, 2.75) is 6.92 Å². The quantitative estimate of drug-likeness (QED) is 0.203. The molecule has 0 aliphatic rings. The van der Waals surface area contributed by atoms with Crippen molar-refractivity contribution in [3.05, 3.63) is 151 Å². The van der Waals surface area contributed by atoms with Crippen LogP contribution in [0, 0.1) is 6.92 Å². The van der Waals surface area contributed by atoms with Gasteiger partial charge in [-0.05, 0) is 60.5 Å². The van der Waals surface area contributed by atoms with Gasteiger partial charge in [0.2, 0.25) is 0 Å². The van der Waals surface area contributed by atoms with Crippen molar-refractivity contribution in [2.75, 3.05) is 0 Å². The molecule has 0 N–H and O–H groups in total. The second-order valence-corrected chi connectivity index (χ2v) is 12.6. The zero-order valence-electron chi connectivity index (χ0n) is 24.6. The van der Waals surface area contributed by atoms with Crippen molar-refractivity contribution in [3.63, 3.8) is 0 Å². The minimum atomic E-state index is 0.753. The summed E-state index contributed by atoms with van der Waals surface area (Å²) in [6, 6.07) is 51.9. The summed E-state index contributed by atoms with van der Waals surface area (Å²) in [5.41, 5.74) is 11.2. The number of benzene rings is 6. The van der Waals surface area contributed by atoms with Crippen molar-refractivity contribution in [2.24, 2.45) is 0 Å². The van der Waals surface area contributed by atoms with Gasteiger partial charge in [0.05, 0.1) is 26.9 Å². The fourth-order valence-corrected chi connectivity index (χ4v) is 7.69. The highest BCUT2D eigenvalue weighted by Crippen LogP contribution is 2.41. The van der Waals surface area contributed by atoms with E-state index in [1.54, 1.807) is 11.3 Å². The standard InChI is InChI=1S/C41H27N3S/c1-26-11-9-15-30(23-26)41-42-38(27-12-3-2-4-13-27)40-39(43-41)34-25-29(21-22-37(34)45-40)28-14-10-16-31(24-28)44-35-19-7-5-17-32(35)33-18-6-8-20-36(33)44/h2-25H,1H3. The summed E-state index contributed by atoms with van der Waals surface area (Å²) in [7, 11) is 0. The molecule has 212 valence electrons. The zero-order valence-corrected chi connectivity index (χ0v) is 25.4. The van der Waals surface area contributed by atoms with Gasteiger partial charge in [-0.15, -0.1) is 11.3 Å². The van der Waals surface area contributed by atoms with Crippen molar-refractivity contribution >= 4 is 53.4 Å². The number of fused-ring (bicyclic) bond motifs is 6. The normalized spacial score (nSPS) is 11.7. The van der Waals surface area contributed by atoms with Gasteiger partial charge in [-0.3, -0.25) is 0 Å². The average molecular weight is 594 g/mol. The van der Waals surface area contributed by atoms with Crippen LogP contribution >= 0.6 is 11.3 Å². The number of aromatic nitrogens is 3. The fraction of sp³-hybridized carbons (Fsp3) is 0.0244. The molecule has 9 aromatic rings. The minimum absolute atomic E-state index is 0.753. The van der Waals surface area contributed by atoms with Gasteiger partial charge in [0.1, 0.15) is 0 Å². The van der Waals surface area contributed by atoms with Gasteiger partial charge in [-0.1, -0.05) is 109 Å². The van der Waals surface area contributed by atoms with Crippen LogP contribution < -0.4 is 0 Å². The summed E-state index contributed by atoms with van der Waals surface area (Å²) in [6.07, 6.45) is 0. The van der Waals surface area contributed by atoms with E-state index in [0.29, 0.717) is 0 Å². The minimum Gasteiger partial charge on any atom is -0.309 e. The van der Waals surface area contributed by atoms with E-state index in [9.17, 15) is 0 Å². The van der Waals surface area contributed by atoms with E-state index in [1.807, 2.05) is 6.07 Å². The third-order valence-electron chi connectivity index (χ3n) is 8.65. The van der Waals surface area contributed by atoms with Gasteiger partial charge >= 0.3 is 0 Å². The molecule has 0 unspecified atom stereocenters. The van der Waals surface area contributed by atoms with Gasteiger partial charge in [0.25, 0.3) is 0 Å². The van der Waals surface area contributed by atoms with Crippen LogP contribution in [0.15, 0.2) is 146 Å². The van der Waals surface area contributed by atoms with Gasteiger partial charge in [0, 0.05) is 37.7 Å². The molecule has 0 fully saturated rings. The van der Waals surface area contributed by atoms with Crippen molar-refractivity contribution in [1.29, 1.82) is 0 Å². The molecule has 3 heterocycles. The van der Waals surface area contributed by atoms with E-state index in [2.05, 4.69) is 151 Å². The van der Waals surface area contributed by atoms with E-state index >= 15 is 0 Å². The predicted octanol–water partition coefficient (Wildman–Crippen LogP) is 11.3. The Morgan fingerprint density at radius 1 is 0.511 bits per heavy atom. The first-order valence-electron chi connectivity index (χ1n) is 15.2. The first kappa shape index (κ1) is 25.9. The summed E-state index contributed by atoms with van der Waals surface area (Å²) in [4.78, 5) is 10.4. The smallest absolute Gasteiger partial charge is 0.160 e. The highest BCUT2D eigenvalue weighted by Gasteiger charge is 2.18. The molecule has 0 radical (unpaired) electrons. The molecule has 9 rings (SSSR count). The van der Waals surface area contributed by atoms with Crippen molar-refractivity contribution < 1.29 is 0 Å². The van der Waals surface area contributed by atoms with Gasteiger partial charge in [-0.25, -0.2) is 9.97 Å². The van der Waals surface area contributed by atoms with E-state index < -0.39 is 0 Å². The number of aryl methyl sites for hydroxylation is 1. The molecule has 45 heavy (non-hydrogen) atoms. The molecule has 4 heteroatoms. The number of hydrogen-bond acceptors (Lipinski definition) is 3. The van der Waals surface area contributed by atoms with Crippen molar-refractivity contribution in [1.82, 2.24) is 14.5 Å². The second-order valence-electron chi connectivity index (χ2n) is 11.5. The molecule has 3 aromatic heterocycles. The van der Waals surface area contributed by atoms with E-state index in [0.717, 1.165) is 43.9 Å². The van der Waals surface area contributed by atoms with Crippen LogP contribution in [0.4, 0.5) is 0 Å². The molecule has 6 aromatic carbocycles. The lowest BCUT2D eigenvalue weighted by molar-refractivity contribution is 1.18. The molecule has 0 saturated heterocycles. The Morgan fingerprint density at radius 2 is 1.18 bits per heavy atom. The van der Waals surface area contributed by atoms with E-state index in [-0.39, 0.29) is 0 Å². The molecule has 0 saturated carbocycles. The third kappa shape index (κ3) is 4.26. The van der Waals surface area contributed by atoms with E-state index in [4.69, 9.17) is 9.97 Å². The van der Waals surface area contributed by atoms with Gasteiger partial charge in [0.15, 0.2) is 5.82 Å². The molecule has 0 aliphatic carbocycles. The highest BCUT2D eigenvalue weighted by molar-refractivity contribution is 7.26. The molecule has 0 amide bonds. The molecule has 3 nitrogen and oxygen atoms in total.